The molecule has 0 aromatic carbocycles. The summed E-state index contributed by atoms with van der Waals surface area (Å²) in [5, 5.41) is 0. The van der Waals surface area contributed by atoms with Crippen molar-refractivity contribution in [3.8, 4) is 0 Å². The Bertz CT molecular complexity index is 223. The summed E-state index contributed by atoms with van der Waals surface area (Å²) in [5.41, 5.74) is 7.47. The van der Waals surface area contributed by atoms with Crippen LogP contribution in [-0.2, 0) is 0 Å². The molecule has 0 rings (SSSR count). The van der Waals surface area contributed by atoms with Crippen molar-refractivity contribution in [3.05, 3.63) is 36.1 Å². The zero-order valence-electron chi connectivity index (χ0n) is 10.3. The molecular weight excluding hydrogens is 182 g/mol. The van der Waals surface area contributed by atoms with Gasteiger partial charge >= 0.3 is 0 Å². The molecule has 0 aliphatic rings. The molecule has 0 spiro atoms. The molecule has 0 aliphatic carbocycles. The van der Waals surface area contributed by atoms with Crippen LogP contribution in [0, 0.1) is 0 Å². The van der Waals surface area contributed by atoms with Gasteiger partial charge in [0.15, 0.2) is 0 Å². The number of rotatable bonds is 8. The topological polar surface area (TPSA) is 26.0 Å². The number of allylic oxidation sites excluding steroid dienone is 4. The average Bonchev–Trinajstić information content (AvgIpc) is 2.22. The van der Waals surface area contributed by atoms with Gasteiger partial charge in [0.05, 0.1) is 0 Å². The summed E-state index contributed by atoms with van der Waals surface area (Å²) in [5.74, 6) is 0. The summed E-state index contributed by atoms with van der Waals surface area (Å²) < 4.78 is 0. The molecule has 0 heterocycles. The fraction of sp³-hybridized carbons (Fsp3) is 0.571. The van der Waals surface area contributed by atoms with Crippen molar-refractivity contribution in [3.63, 3.8) is 0 Å². The van der Waals surface area contributed by atoms with Crippen LogP contribution in [-0.4, -0.2) is 0 Å². The zero-order chi connectivity index (χ0) is 11.5. The SMILES string of the molecule is C=C(N)/C=C\C(=C/C)CCCCCCC. The Morgan fingerprint density at radius 3 is 2.33 bits per heavy atom. The first-order valence-corrected chi connectivity index (χ1v) is 5.98. The van der Waals surface area contributed by atoms with Crippen molar-refractivity contribution in [1.82, 2.24) is 0 Å². The van der Waals surface area contributed by atoms with Gasteiger partial charge in [0.25, 0.3) is 0 Å². The third-order valence-electron chi connectivity index (χ3n) is 2.45. The summed E-state index contributed by atoms with van der Waals surface area (Å²) in [4.78, 5) is 0. The third kappa shape index (κ3) is 9.33. The lowest BCUT2D eigenvalue weighted by molar-refractivity contribution is 0.633. The highest BCUT2D eigenvalue weighted by atomic mass is 14.5. The predicted molar refractivity (Wildman–Crippen MR) is 69.6 cm³/mol. The molecule has 1 heteroatoms. The molecule has 0 unspecified atom stereocenters. The van der Waals surface area contributed by atoms with Crippen molar-refractivity contribution < 1.29 is 0 Å². The highest BCUT2D eigenvalue weighted by molar-refractivity contribution is 5.24. The summed E-state index contributed by atoms with van der Waals surface area (Å²) in [6, 6.07) is 0. The van der Waals surface area contributed by atoms with Gasteiger partial charge in [0.2, 0.25) is 0 Å². The van der Waals surface area contributed by atoms with Gasteiger partial charge in [-0.3, -0.25) is 0 Å². The smallest absolute Gasteiger partial charge is 0.0241 e. The quantitative estimate of drug-likeness (QED) is 0.465. The van der Waals surface area contributed by atoms with E-state index in [1.165, 1.54) is 37.7 Å². The molecule has 0 saturated carbocycles. The Labute approximate surface area is 94.8 Å². The molecule has 0 saturated heterocycles. The van der Waals surface area contributed by atoms with Gasteiger partial charge in [0.1, 0.15) is 0 Å². The van der Waals surface area contributed by atoms with Gasteiger partial charge in [-0.05, 0) is 25.8 Å². The average molecular weight is 207 g/mol. The Morgan fingerprint density at radius 2 is 1.80 bits per heavy atom. The van der Waals surface area contributed by atoms with E-state index < -0.39 is 0 Å². The van der Waals surface area contributed by atoms with E-state index in [1.807, 2.05) is 6.08 Å². The molecule has 0 atom stereocenters. The highest BCUT2D eigenvalue weighted by Gasteiger charge is 1.92. The van der Waals surface area contributed by atoms with E-state index in [0.29, 0.717) is 5.70 Å². The van der Waals surface area contributed by atoms with E-state index in [2.05, 4.69) is 32.6 Å². The number of nitrogens with two attached hydrogens (primary N) is 1. The van der Waals surface area contributed by atoms with E-state index in [9.17, 15) is 0 Å². The molecular formula is C14H25N. The van der Waals surface area contributed by atoms with Gasteiger partial charge in [-0.15, -0.1) is 0 Å². The van der Waals surface area contributed by atoms with Crippen molar-refractivity contribution >= 4 is 0 Å². The lowest BCUT2D eigenvalue weighted by Crippen LogP contribution is -1.89. The number of hydrogen-bond acceptors (Lipinski definition) is 1. The second kappa shape index (κ2) is 9.57. The van der Waals surface area contributed by atoms with Crippen LogP contribution >= 0.6 is 0 Å². The molecule has 0 aliphatic heterocycles. The second-order valence-corrected chi connectivity index (χ2v) is 3.94. The Kier molecular flexibility index (Phi) is 8.95. The maximum atomic E-state index is 5.48. The lowest BCUT2D eigenvalue weighted by Gasteiger charge is -2.01. The maximum Gasteiger partial charge on any atom is 0.0241 e. The van der Waals surface area contributed by atoms with Crippen LogP contribution in [0.3, 0.4) is 0 Å². The molecule has 0 aromatic heterocycles. The van der Waals surface area contributed by atoms with Crippen molar-refractivity contribution in [1.29, 1.82) is 0 Å². The van der Waals surface area contributed by atoms with E-state index in [1.54, 1.807) is 0 Å². The Morgan fingerprint density at radius 1 is 1.13 bits per heavy atom. The normalized spacial score (nSPS) is 12.3. The third-order valence-corrected chi connectivity index (χ3v) is 2.45. The van der Waals surface area contributed by atoms with Gasteiger partial charge in [-0.25, -0.2) is 0 Å². The van der Waals surface area contributed by atoms with Gasteiger partial charge in [0, 0.05) is 5.70 Å². The standard InChI is InChI=1S/C14H25N/c1-4-6-7-8-9-10-14(5-2)12-11-13(3)15/h5,11-12H,3-4,6-10,15H2,1-2H3/b12-11-,14-5-. The second-order valence-electron chi connectivity index (χ2n) is 3.94. The van der Waals surface area contributed by atoms with Crippen LogP contribution < -0.4 is 5.73 Å². The summed E-state index contributed by atoms with van der Waals surface area (Å²) >= 11 is 0. The monoisotopic (exact) mass is 207 g/mol. The van der Waals surface area contributed by atoms with Gasteiger partial charge in [-0.1, -0.05) is 56.9 Å². The molecule has 0 aromatic rings. The summed E-state index contributed by atoms with van der Waals surface area (Å²) in [6.07, 6.45) is 13.9. The van der Waals surface area contributed by atoms with Crippen LogP contribution in [0.5, 0.6) is 0 Å². The van der Waals surface area contributed by atoms with Crippen LogP contribution in [0.25, 0.3) is 0 Å². The van der Waals surface area contributed by atoms with Crippen LogP contribution in [0.4, 0.5) is 0 Å². The van der Waals surface area contributed by atoms with Crippen molar-refractivity contribution in [2.45, 2.75) is 52.4 Å². The minimum Gasteiger partial charge on any atom is -0.399 e. The Balaban J connectivity index is 3.68. The first-order chi connectivity index (χ1) is 7.20. The number of hydrogen-bond donors (Lipinski definition) is 1. The molecule has 15 heavy (non-hydrogen) atoms. The minimum atomic E-state index is 0.625. The van der Waals surface area contributed by atoms with E-state index in [0.717, 1.165) is 6.42 Å². The van der Waals surface area contributed by atoms with Crippen LogP contribution in [0.2, 0.25) is 0 Å². The lowest BCUT2D eigenvalue weighted by atomic mass is 10.1. The predicted octanol–water partition coefficient (Wildman–Crippen LogP) is 4.32. The molecule has 2 N–H and O–H groups in total. The van der Waals surface area contributed by atoms with Crippen molar-refractivity contribution in [2.24, 2.45) is 5.73 Å². The van der Waals surface area contributed by atoms with E-state index in [4.69, 9.17) is 5.73 Å². The van der Waals surface area contributed by atoms with Crippen LogP contribution in [0.15, 0.2) is 36.1 Å². The fourth-order valence-corrected chi connectivity index (χ4v) is 1.47. The number of unbranched alkanes of at least 4 members (excludes halogenated alkanes) is 4. The van der Waals surface area contributed by atoms with Gasteiger partial charge < -0.3 is 5.73 Å². The van der Waals surface area contributed by atoms with E-state index in [-0.39, 0.29) is 0 Å². The summed E-state index contributed by atoms with van der Waals surface area (Å²) in [7, 11) is 0. The molecule has 0 amide bonds. The first-order valence-electron chi connectivity index (χ1n) is 5.98. The largest absolute Gasteiger partial charge is 0.399 e. The fourth-order valence-electron chi connectivity index (χ4n) is 1.47. The van der Waals surface area contributed by atoms with Gasteiger partial charge in [-0.2, -0.15) is 0 Å². The highest BCUT2D eigenvalue weighted by Crippen LogP contribution is 2.12. The Hall–Kier alpha value is -0.980. The minimum absolute atomic E-state index is 0.625. The van der Waals surface area contributed by atoms with Crippen LogP contribution in [0.1, 0.15) is 52.4 Å². The van der Waals surface area contributed by atoms with E-state index >= 15 is 0 Å². The maximum absolute atomic E-state index is 5.48. The molecule has 0 fully saturated rings. The zero-order valence-corrected chi connectivity index (χ0v) is 10.3. The molecule has 86 valence electrons. The molecule has 0 radical (unpaired) electrons. The van der Waals surface area contributed by atoms with Crippen molar-refractivity contribution in [2.75, 3.05) is 0 Å². The first kappa shape index (κ1) is 14.0. The summed E-state index contributed by atoms with van der Waals surface area (Å²) in [6.45, 7) is 7.96. The molecule has 1 nitrogen and oxygen atoms in total. The molecule has 0 bridgehead atoms.